The van der Waals surface area contributed by atoms with Crippen molar-refractivity contribution in [3.8, 4) is 17.6 Å². The van der Waals surface area contributed by atoms with E-state index < -0.39 is 0 Å². The summed E-state index contributed by atoms with van der Waals surface area (Å²) in [5.41, 5.74) is 0.853. The molecule has 0 spiro atoms. The standard InChI is InChI=1S/C21H27ClN4O5/c1-13(26-14(2)27)9-29-17-6-16(7-17)11-31-21-19(22)20(24-12-25-21)30-10-15-4-5-18(28-3)23-8-15/h4-5,8,12-13,16-17H,6-7,9-11H2,1-3H3,(H,26,27)/t13-,16?,17?/m0/s1. The number of aromatic nitrogens is 3. The normalized spacial score (nSPS) is 18.6. The molecule has 168 valence electrons. The zero-order valence-electron chi connectivity index (χ0n) is 17.8. The summed E-state index contributed by atoms with van der Waals surface area (Å²) in [4.78, 5) is 23.3. The number of halogens is 1. The van der Waals surface area contributed by atoms with Gasteiger partial charge < -0.3 is 24.3 Å². The van der Waals surface area contributed by atoms with Gasteiger partial charge in [-0.25, -0.2) is 15.0 Å². The van der Waals surface area contributed by atoms with Gasteiger partial charge in [0.25, 0.3) is 0 Å². The van der Waals surface area contributed by atoms with E-state index >= 15 is 0 Å². The number of rotatable bonds is 11. The van der Waals surface area contributed by atoms with Crippen LogP contribution in [0.5, 0.6) is 17.6 Å². The number of amides is 1. The summed E-state index contributed by atoms with van der Waals surface area (Å²) in [6.45, 7) is 4.66. The van der Waals surface area contributed by atoms with Crippen LogP contribution in [-0.4, -0.2) is 53.3 Å². The van der Waals surface area contributed by atoms with Crippen LogP contribution in [0.25, 0.3) is 0 Å². The Morgan fingerprint density at radius 1 is 1.23 bits per heavy atom. The van der Waals surface area contributed by atoms with Crippen LogP contribution in [0.2, 0.25) is 5.02 Å². The van der Waals surface area contributed by atoms with Crippen LogP contribution in [-0.2, 0) is 16.1 Å². The van der Waals surface area contributed by atoms with Gasteiger partial charge in [0.05, 0.1) is 26.4 Å². The molecule has 1 saturated carbocycles. The zero-order chi connectivity index (χ0) is 22.2. The number of nitrogens with zero attached hydrogens (tertiary/aromatic N) is 3. The highest BCUT2D eigenvalue weighted by Gasteiger charge is 2.31. The Labute approximate surface area is 186 Å². The average Bonchev–Trinajstić information content (AvgIpc) is 2.72. The molecule has 1 aliphatic rings. The SMILES string of the molecule is COc1ccc(COc2ncnc(OCC3CC(OC[C@H](C)NC(C)=O)C3)c2Cl)cn1. The molecule has 10 heteroatoms. The third-order valence-electron chi connectivity index (χ3n) is 4.79. The maximum absolute atomic E-state index is 11.0. The van der Waals surface area contributed by atoms with Gasteiger partial charge in [0.2, 0.25) is 23.5 Å². The largest absolute Gasteiger partial charge is 0.481 e. The number of carbonyl (C=O) groups excluding carboxylic acids is 1. The van der Waals surface area contributed by atoms with Crippen molar-refractivity contribution in [2.24, 2.45) is 5.92 Å². The van der Waals surface area contributed by atoms with Crippen LogP contribution >= 0.6 is 11.6 Å². The van der Waals surface area contributed by atoms with Gasteiger partial charge in [0, 0.05) is 30.8 Å². The van der Waals surface area contributed by atoms with Crippen LogP contribution < -0.4 is 19.5 Å². The van der Waals surface area contributed by atoms with Crippen LogP contribution in [0.3, 0.4) is 0 Å². The molecule has 31 heavy (non-hydrogen) atoms. The Bertz CT molecular complexity index is 861. The molecule has 2 aromatic heterocycles. The van der Waals surface area contributed by atoms with Crippen molar-refractivity contribution in [2.75, 3.05) is 20.3 Å². The van der Waals surface area contributed by atoms with E-state index in [1.807, 2.05) is 13.0 Å². The summed E-state index contributed by atoms with van der Waals surface area (Å²) < 4.78 is 22.3. The number of carbonyl (C=O) groups is 1. The number of pyridine rings is 1. The molecule has 1 fully saturated rings. The third-order valence-corrected chi connectivity index (χ3v) is 5.11. The highest BCUT2D eigenvalue weighted by atomic mass is 35.5. The summed E-state index contributed by atoms with van der Waals surface area (Å²) in [5, 5.41) is 3.04. The van der Waals surface area contributed by atoms with Crippen molar-refractivity contribution >= 4 is 17.5 Å². The lowest BCUT2D eigenvalue weighted by Gasteiger charge is -2.35. The lowest BCUT2D eigenvalue weighted by atomic mass is 9.83. The lowest BCUT2D eigenvalue weighted by Crippen LogP contribution is -2.40. The minimum Gasteiger partial charge on any atom is -0.481 e. The van der Waals surface area contributed by atoms with Crippen LogP contribution in [0.1, 0.15) is 32.3 Å². The molecule has 1 N–H and O–H groups in total. The van der Waals surface area contributed by atoms with E-state index in [4.69, 9.17) is 30.5 Å². The van der Waals surface area contributed by atoms with Crippen molar-refractivity contribution in [1.82, 2.24) is 20.3 Å². The van der Waals surface area contributed by atoms with E-state index in [0.29, 0.717) is 30.9 Å². The summed E-state index contributed by atoms with van der Waals surface area (Å²) >= 11 is 6.35. The van der Waals surface area contributed by atoms with E-state index in [2.05, 4.69) is 20.3 Å². The molecule has 0 unspecified atom stereocenters. The average molecular weight is 451 g/mol. The van der Waals surface area contributed by atoms with Gasteiger partial charge in [0.15, 0.2) is 5.02 Å². The van der Waals surface area contributed by atoms with Crippen LogP contribution in [0.15, 0.2) is 24.7 Å². The second-order valence-electron chi connectivity index (χ2n) is 7.50. The topological polar surface area (TPSA) is 105 Å². The highest BCUT2D eigenvalue weighted by molar-refractivity contribution is 6.33. The maximum atomic E-state index is 11.0. The van der Waals surface area contributed by atoms with Gasteiger partial charge in [-0.05, 0) is 31.7 Å². The number of methoxy groups -OCH3 is 1. The highest BCUT2D eigenvalue weighted by Crippen LogP contribution is 2.34. The molecule has 1 aliphatic carbocycles. The Balaban J connectivity index is 1.41. The van der Waals surface area contributed by atoms with Gasteiger partial charge in [-0.1, -0.05) is 11.6 Å². The van der Waals surface area contributed by atoms with Crippen molar-refractivity contribution in [1.29, 1.82) is 0 Å². The molecule has 1 atom stereocenters. The quantitative estimate of drug-likeness (QED) is 0.557. The van der Waals surface area contributed by atoms with Crippen LogP contribution in [0.4, 0.5) is 0 Å². The fraction of sp³-hybridized carbons (Fsp3) is 0.524. The predicted octanol–water partition coefficient (Wildman–Crippen LogP) is 2.81. The maximum Gasteiger partial charge on any atom is 0.240 e. The summed E-state index contributed by atoms with van der Waals surface area (Å²) in [5.74, 6) is 1.39. The zero-order valence-corrected chi connectivity index (χ0v) is 18.6. The molecule has 0 saturated heterocycles. The van der Waals surface area contributed by atoms with Crippen molar-refractivity contribution < 1.29 is 23.7 Å². The first-order valence-electron chi connectivity index (χ1n) is 10.1. The molecule has 1 amide bonds. The van der Waals surface area contributed by atoms with E-state index in [-0.39, 0.29) is 35.6 Å². The smallest absolute Gasteiger partial charge is 0.240 e. The Morgan fingerprint density at radius 2 is 1.97 bits per heavy atom. The number of nitrogens with one attached hydrogen (secondary N) is 1. The van der Waals surface area contributed by atoms with Crippen LogP contribution in [0, 0.1) is 5.92 Å². The summed E-state index contributed by atoms with van der Waals surface area (Å²) in [6.07, 6.45) is 4.99. The molecule has 0 aliphatic heterocycles. The fourth-order valence-corrected chi connectivity index (χ4v) is 3.33. The van der Waals surface area contributed by atoms with Gasteiger partial charge in [-0.3, -0.25) is 4.79 Å². The van der Waals surface area contributed by atoms with Gasteiger partial charge in [0.1, 0.15) is 12.9 Å². The monoisotopic (exact) mass is 450 g/mol. The van der Waals surface area contributed by atoms with E-state index in [9.17, 15) is 4.79 Å². The summed E-state index contributed by atoms with van der Waals surface area (Å²) in [7, 11) is 1.56. The van der Waals surface area contributed by atoms with Crippen molar-refractivity contribution in [3.63, 3.8) is 0 Å². The Morgan fingerprint density at radius 3 is 2.61 bits per heavy atom. The Kier molecular flexibility index (Phi) is 8.25. The molecule has 2 aromatic rings. The first-order chi connectivity index (χ1) is 14.9. The minimum atomic E-state index is -0.0540. The molecule has 0 aromatic carbocycles. The molecular formula is C21H27ClN4O5. The second-order valence-corrected chi connectivity index (χ2v) is 7.88. The molecule has 2 heterocycles. The predicted molar refractivity (Wildman–Crippen MR) is 113 cm³/mol. The molecular weight excluding hydrogens is 424 g/mol. The first-order valence-corrected chi connectivity index (χ1v) is 10.5. The Hall–Kier alpha value is -2.65. The van der Waals surface area contributed by atoms with Gasteiger partial charge in [-0.15, -0.1) is 0 Å². The third kappa shape index (κ3) is 6.93. The molecule has 9 nitrogen and oxygen atoms in total. The van der Waals surface area contributed by atoms with E-state index in [0.717, 1.165) is 18.4 Å². The number of hydrogen-bond acceptors (Lipinski definition) is 8. The minimum absolute atomic E-state index is 0.000238. The first kappa shape index (κ1) is 23.0. The number of hydrogen-bond donors (Lipinski definition) is 1. The number of ether oxygens (including phenoxy) is 4. The van der Waals surface area contributed by atoms with Gasteiger partial charge >= 0.3 is 0 Å². The summed E-state index contributed by atoms with van der Waals surface area (Å²) in [6, 6.07) is 3.61. The molecule has 3 rings (SSSR count). The second kappa shape index (κ2) is 11.1. The van der Waals surface area contributed by atoms with Crippen molar-refractivity contribution in [3.05, 3.63) is 35.2 Å². The van der Waals surface area contributed by atoms with Crippen molar-refractivity contribution in [2.45, 2.75) is 45.4 Å². The molecule has 0 radical (unpaired) electrons. The lowest BCUT2D eigenvalue weighted by molar-refractivity contribution is -0.120. The fourth-order valence-electron chi connectivity index (χ4n) is 3.12. The molecule has 0 bridgehead atoms. The van der Waals surface area contributed by atoms with E-state index in [1.54, 1.807) is 19.4 Å². The van der Waals surface area contributed by atoms with Gasteiger partial charge in [-0.2, -0.15) is 0 Å². The van der Waals surface area contributed by atoms with E-state index in [1.165, 1.54) is 13.3 Å².